The maximum Gasteiger partial charge on any atom is 0.244 e. The predicted octanol–water partition coefficient (Wildman–Crippen LogP) is 16.1. The van der Waals surface area contributed by atoms with Crippen LogP contribution >= 0.6 is 22.7 Å². The second-order valence-corrected chi connectivity index (χ2v) is 19.8. The van der Waals surface area contributed by atoms with E-state index in [2.05, 4.69) is 264 Å². The topological polar surface area (TPSA) is 6.48 Å². The van der Waals surface area contributed by atoms with E-state index in [1.807, 2.05) is 22.7 Å². The number of hydrogen-bond acceptors (Lipinski definition) is 4. The fraction of sp³-hybridized carbons (Fsp3) is 0.0968. The third-order valence-electron chi connectivity index (χ3n) is 12.8. The average Bonchev–Trinajstić information content (AvgIpc) is 4.01. The Morgan fingerprint density at radius 3 is 1.07 bits per heavy atom. The molecule has 8 aromatic carbocycles. The zero-order valence-corrected chi connectivity index (χ0v) is 40.6. The Bertz CT molecular complexity index is 3140. The molecule has 0 saturated carbocycles. The number of hydrogen-bond donors (Lipinski definition) is 0. The minimum Gasteiger partial charge on any atom is -0.310 e. The van der Waals surface area contributed by atoms with Crippen molar-refractivity contribution >= 4 is 79.9 Å². The Labute approximate surface area is 405 Å². The van der Waals surface area contributed by atoms with Crippen LogP contribution in [-0.4, -0.2) is 6.71 Å². The van der Waals surface area contributed by atoms with Gasteiger partial charge >= 0.3 is 0 Å². The molecule has 67 heavy (non-hydrogen) atoms. The summed E-state index contributed by atoms with van der Waals surface area (Å²) in [7, 11) is 0. The summed E-state index contributed by atoms with van der Waals surface area (Å²) in [4.78, 5) is 9.81. The lowest BCUT2D eigenvalue weighted by Crippen LogP contribution is -2.56. The lowest BCUT2D eigenvalue weighted by atomic mass is 9.34. The summed E-state index contributed by atoms with van der Waals surface area (Å²) in [5.74, 6) is 0. The Kier molecular flexibility index (Phi) is 12.4. The third kappa shape index (κ3) is 8.69. The van der Waals surface area contributed by atoms with E-state index in [4.69, 9.17) is 0 Å². The molecule has 0 N–H and O–H groups in total. The van der Waals surface area contributed by atoms with Gasteiger partial charge in [0.2, 0.25) is 6.71 Å². The molecule has 2 heterocycles. The summed E-state index contributed by atoms with van der Waals surface area (Å²) in [6.07, 6.45) is 0. The molecule has 5 heteroatoms. The number of thiophene rings is 2. The molecule has 10 aromatic rings. The van der Waals surface area contributed by atoms with Crippen LogP contribution in [0, 0.1) is 41.5 Å². The quantitative estimate of drug-likeness (QED) is 0.113. The van der Waals surface area contributed by atoms with Crippen LogP contribution in [0.25, 0.3) is 30.6 Å². The molecule has 10 rings (SSSR count). The van der Waals surface area contributed by atoms with Gasteiger partial charge in [-0.3, -0.25) is 0 Å². The SMILES string of the molecule is Cc1cc(C)c(B(c2cc(-c3ccccc3N(c3ccccc3)c3ccccc3)sc2-c2ccc(-c3ccccc3N(c3ccccc3)c3ccccc3)s2)c2c(C)cc(C)cc2C)c(C)c1. The van der Waals surface area contributed by atoms with Crippen LogP contribution in [0.3, 0.4) is 0 Å². The van der Waals surface area contributed by atoms with Gasteiger partial charge in [0.15, 0.2) is 0 Å². The highest BCUT2D eigenvalue weighted by molar-refractivity contribution is 7.27. The van der Waals surface area contributed by atoms with Crippen LogP contribution in [0.1, 0.15) is 33.4 Å². The largest absolute Gasteiger partial charge is 0.310 e. The molecule has 2 aromatic heterocycles. The third-order valence-corrected chi connectivity index (χ3v) is 15.3. The number of benzene rings is 8. The maximum absolute atomic E-state index is 2.54. The van der Waals surface area contributed by atoms with E-state index in [9.17, 15) is 0 Å². The molecular weight excluding hydrogens is 848 g/mol. The monoisotopic (exact) mass is 900 g/mol. The Hall–Kier alpha value is -7.18. The van der Waals surface area contributed by atoms with Crippen LogP contribution in [0.15, 0.2) is 212 Å². The number of anilines is 6. The van der Waals surface area contributed by atoms with Crippen LogP contribution in [-0.2, 0) is 0 Å². The van der Waals surface area contributed by atoms with Crippen molar-refractivity contribution in [3.05, 3.63) is 246 Å². The van der Waals surface area contributed by atoms with Gasteiger partial charge in [0.1, 0.15) is 0 Å². The van der Waals surface area contributed by atoms with Gasteiger partial charge in [0, 0.05) is 53.4 Å². The second-order valence-electron chi connectivity index (χ2n) is 17.7. The van der Waals surface area contributed by atoms with Crippen LogP contribution in [0.4, 0.5) is 34.1 Å². The number of para-hydroxylation sites is 6. The molecule has 0 aliphatic carbocycles. The van der Waals surface area contributed by atoms with Gasteiger partial charge in [-0.25, -0.2) is 0 Å². The lowest BCUT2D eigenvalue weighted by Gasteiger charge is -2.27. The van der Waals surface area contributed by atoms with Crippen molar-refractivity contribution in [3.8, 4) is 30.6 Å². The van der Waals surface area contributed by atoms with Gasteiger partial charge in [-0.05, 0) is 126 Å². The summed E-state index contributed by atoms with van der Waals surface area (Å²) >= 11 is 3.81. The van der Waals surface area contributed by atoms with Gasteiger partial charge in [-0.2, -0.15) is 0 Å². The molecule has 326 valence electrons. The van der Waals surface area contributed by atoms with Gasteiger partial charge in [-0.1, -0.05) is 178 Å². The molecule has 0 aliphatic heterocycles. The van der Waals surface area contributed by atoms with Gasteiger partial charge < -0.3 is 9.80 Å². The van der Waals surface area contributed by atoms with E-state index >= 15 is 0 Å². The zero-order valence-electron chi connectivity index (χ0n) is 39.0. The Morgan fingerprint density at radius 2 is 0.672 bits per heavy atom. The van der Waals surface area contributed by atoms with Crippen molar-refractivity contribution in [1.82, 2.24) is 0 Å². The minimum atomic E-state index is -0.00259. The van der Waals surface area contributed by atoms with E-state index in [1.54, 1.807) is 0 Å². The fourth-order valence-corrected chi connectivity index (χ4v) is 12.6. The van der Waals surface area contributed by atoms with Crippen molar-refractivity contribution in [1.29, 1.82) is 0 Å². The highest BCUT2D eigenvalue weighted by Crippen LogP contribution is 2.47. The zero-order chi connectivity index (χ0) is 46.0. The van der Waals surface area contributed by atoms with E-state index < -0.39 is 0 Å². The van der Waals surface area contributed by atoms with E-state index in [0.29, 0.717) is 0 Å². The predicted molar refractivity (Wildman–Crippen MR) is 294 cm³/mol. The summed E-state index contributed by atoms with van der Waals surface area (Å²) < 4.78 is 0. The number of rotatable bonds is 12. The van der Waals surface area contributed by atoms with Crippen LogP contribution in [0.5, 0.6) is 0 Å². The average molecular weight is 901 g/mol. The summed E-state index contributed by atoms with van der Waals surface area (Å²) in [6, 6.07) is 77.5. The normalized spacial score (nSPS) is 11.1. The first-order valence-corrected chi connectivity index (χ1v) is 24.8. The van der Waals surface area contributed by atoms with Crippen molar-refractivity contribution < 1.29 is 0 Å². The molecule has 0 radical (unpaired) electrons. The van der Waals surface area contributed by atoms with E-state index in [-0.39, 0.29) is 6.71 Å². The number of aryl methyl sites for hydroxylation is 6. The Morgan fingerprint density at radius 1 is 0.328 bits per heavy atom. The summed E-state index contributed by atoms with van der Waals surface area (Å²) in [5.41, 5.74) is 21.1. The molecule has 0 aliphatic rings. The second kappa shape index (κ2) is 19.0. The van der Waals surface area contributed by atoms with Gasteiger partial charge in [0.25, 0.3) is 0 Å². The first-order valence-electron chi connectivity index (χ1n) is 23.1. The van der Waals surface area contributed by atoms with Crippen molar-refractivity contribution in [2.24, 2.45) is 0 Å². The van der Waals surface area contributed by atoms with Crippen LogP contribution < -0.4 is 26.2 Å². The lowest BCUT2D eigenvalue weighted by molar-refractivity contribution is 1.29. The van der Waals surface area contributed by atoms with Crippen molar-refractivity contribution in [2.75, 3.05) is 9.80 Å². The number of nitrogens with zero attached hydrogens (tertiary/aromatic N) is 2. The van der Waals surface area contributed by atoms with E-state index in [0.717, 1.165) is 34.1 Å². The first kappa shape index (κ1) is 43.7. The molecule has 0 atom stereocenters. The molecule has 2 nitrogen and oxygen atoms in total. The van der Waals surface area contributed by atoms with Crippen LogP contribution in [0.2, 0.25) is 0 Å². The minimum absolute atomic E-state index is 0.00259. The maximum atomic E-state index is 2.54. The smallest absolute Gasteiger partial charge is 0.244 e. The molecular formula is C62H53BN2S2. The van der Waals surface area contributed by atoms with Gasteiger partial charge in [-0.15, -0.1) is 22.7 Å². The fourth-order valence-electron chi connectivity index (χ4n) is 10.2. The molecule has 0 unspecified atom stereocenters. The molecule has 0 amide bonds. The standard InChI is InChI=1S/C62H53BN2S2/c1-42-37-44(3)60(45(4)38-42)63(61-46(5)39-43(2)40-47(61)6)54-41-59(53-32-20-22-34-56(53)65(50-27-15-9-16-28-50)51-29-17-10-18-30-51)67-62(54)58-36-35-57(66-58)52-31-19-21-33-55(52)64(48-23-11-7-12-24-48)49-25-13-8-14-26-49/h7-41H,1-6H3. The molecule has 0 spiro atoms. The van der Waals surface area contributed by atoms with Crippen molar-refractivity contribution in [3.63, 3.8) is 0 Å². The highest BCUT2D eigenvalue weighted by atomic mass is 32.1. The van der Waals surface area contributed by atoms with E-state index in [1.165, 1.54) is 80.4 Å². The summed E-state index contributed by atoms with van der Waals surface area (Å²) in [5, 5.41) is 0. The summed E-state index contributed by atoms with van der Waals surface area (Å²) in [6.45, 7) is 13.7. The first-order chi connectivity index (χ1) is 32.7. The molecule has 0 fully saturated rings. The molecule has 0 bridgehead atoms. The molecule has 0 saturated heterocycles. The van der Waals surface area contributed by atoms with Crippen molar-refractivity contribution in [2.45, 2.75) is 41.5 Å². The Balaban J connectivity index is 1.22. The van der Waals surface area contributed by atoms with Gasteiger partial charge in [0.05, 0.1) is 11.4 Å². The highest BCUT2D eigenvalue weighted by Gasteiger charge is 2.33.